The van der Waals surface area contributed by atoms with Gasteiger partial charge >= 0.3 is 0 Å². The Bertz CT molecular complexity index is 534. The number of nitrogens with zero attached hydrogens (tertiary/aromatic N) is 1. The lowest BCUT2D eigenvalue weighted by molar-refractivity contribution is -0.120. The molecule has 142 valence electrons. The van der Waals surface area contributed by atoms with Crippen molar-refractivity contribution in [2.24, 2.45) is 4.99 Å². The molecule has 6 heteroatoms. The molecule has 1 aromatic rings. The minimum Gasteiger partial charge on any atom is -0.357 e. The van der Waals surface area contributed by atoms with Crippen LogP contribution in [0.4, 0.5) is 0 Å². The average Bonchev–Trinajstić information content (AvgIpc) is 2.57. The maximum Gasteiger partial charge on any atom is 0.221 e. The van der Waals surface area contributed by atoms with Crippen molar-refractivity contribution < 1.29 is 4.79 Å². The number of aliphatic imine (C=N–C) groups is 1. The van der Waals surface area contributed by atoms with Crippen molar-refractivity contribution in [3.8, 4) is 0 Å². The zero-order chi connectivity index (χ0) is 17.8. The molecule has 0 bridgehead atoms. The fourth-order valence-electron chi connectivity index (χ4n) is 2.30. The minimum atomic E-state index is 0. The molecule has 1 amide bonds. The van der Waals surface area contributed by atoms with E-state index in [0.717, 1.165) is 25.5 Å². The Morgan fingerprint density at radius 2 is 1.92 bits per heavy atom. The van der Waals surface area contributed by atoms with Gasteiger partial charge in [0.05, 0.1) is 0 Å². The van der Waals surface area contributed by atoms with Crippen molar-refractivity contribution in [2.45, 2.75) is 46.5 Å². The van der Waals surface area contributed by atoms with E-state index in [1.54, 1.807) is 0 Å². The van der Waals surface area contributed by atoms with Gasteiger partial charge in [-0.3, -0.25) is 9.79 Å². The summed E-state index contributed by atoms with van der Waals surface area (Å²) >= 11 is 0. The van der Waals surface area contributed by atoms with Crippen molar-refractivity contribution >= 4 is 35.8 Å². The maximum absolute atomic E-state index is 11.6. The number of rotatable bonds is 9. The van der Waals surface area contributed by atoms with Gasteiger partial charge in [-0.1, -0.05) is 43.7 Å². The van der Waals surface area contributed by atoms with Crippen molar-refractivity contribution in [1.29, 1.82) is 0 Å². The third kappa shape index (κ3) is 10.3. The number of guanidine groups is 1. The number of nitrogens with one attached hydrogen (secondary N) is 3. The van der Waals surface area contributed by atoms with E-state index in [1.807, 2.05) is 13.8 Å². The Morgan fingerprint density at radius 3 is 2.56 bits per heavy atom. The fraction of sp³-hybridized carbons (Fsp3) is 0.579. The quantitative estimate of drug-likeness (QED) is 0.301. The first-order chi connectivity index (χ1) is 11.6. The molecule has 0 aliphatic rings. The normalized spacial score (nSPS) is 12.1. The lowest BCUT2D eigenvalue weighted by Gasteiger charge is -2.14. The van der Waals surface area contributed by atoms with Gasteiger partial charge in [0.2, 0.25) is 5.91 Å². The number of aryl methyl sites for hydroxylation is 1. The number of carbonyl (C=O) groups excluding carboxylic acids is 1. The van der Waals surface area contributed by atoms with E-state index in [-0.39, 0.29) is 29.9 Å². The van der Waals surface area contributed by atoms with Gasteiger partial charge in [0, 0.05) is 38.5 Å². The molecular formula is C19H33IN4O. The summed E-state index contributed by atoms with van der Waals surface area (Å²) < 4.78 is 0. The van der Waals surface area contributed by atoms with Crippen LogP contribution in [0.25, 0.3) is 0 Å². The standard InChI is InChI=1S/C19H32N4O.HI/c1-5-11-21-18(24)10-12-22-19(20-6-2)23-14-16(4)17-9-7-8-15(3)13-17;/h7-9,13,16H,5-6,10-12,14H2,1-4H3,(H,21,24)(H2,20,22,23);1H. The molecule has 0 aromatic heterocycles. The summed E-state index contributed by atoms with van der Waals surface area (Å²) in [6, 6.07) is 8.54. The van der Waals surface area contributed by atoms with Gasteiger partial charge in [-0.05, 0) is 25.8 Å². The molecule has 0 spiro atoms. The van der Waals surface area contributed by atoms with Crippen LogP contribution < -0.4 is 16.0 Å². The smallest absolute Gasteiger partial charge is 0.221 e. The highest BCUT2D eigenvalue weighted by Crippen LogP contribution is 2.16. The third-order valence-corrected chi connectivity index (χ3v) is 3.70. The topological polar surface area (TPSA) is 65.5 Å². The zero-order valence-electron chi connectivity index (χ0n) is 15.9. The van der Waals surface area contributed by atoms with Crippen molar-refractivity contribution in [3.63, 3.8) is 0 Å². The summed E-state index contributed by atoms with van der Waals surface area (Å²) in [5.41, 5.74) is 2.57. The molecular weight excluding hydrogens is 427 g/mol. The summed E-state index contributed by atoms with van der Waals surface area (Å²) in [6.45, 7) is 11.2. The molecule has 3 N–H and O–H groups in total. The molecule has 1 atom stereocenters. The summed E-state index contributed by atoms with van der Waals surface area (Å²) in [4.78, 5) is 16.3. The Kier molecular flexibility index (Phi) is 13.2. The number of halogens is 1. The highest BCUT2D eigenvalue weighted by Gasteiger charge is 2.06. The molecule has 1 aromatic carbocycles. The lowest BCUT2D eigenvalue weighted by atomic mass is 10.00. The minimum absolute atomic E-state index is 0. The van der Waals surface area contributed by atoms with Crippen molar-refractivity contribution in [1.82, 2.24) is 16.0 Å². The second-order valence-electron chi connectivity index (χ2n) is 6.06. The van der Waals surface area contributed by atoms with Gasteiger partial charge in [-0.2, -0.15) is 0 Å². The number of amides is 1. The van der Waals surface area contributed by atoms with E-state index in [0.29, 0.717) is 25.4 Å². The molecule has 1 rings (SSSR count). The molecule has 0 saturated carbocycles. The van der Waals surface area contributed by atoms with Crippen LogP contribution in [0.5, 0.6) is 0 Å². The first-order valence-electron chi connectivity index (χ1n) is 8.92. The number of carbonyl (C=O) groups is 1. The molecule has 0 radical (unpaired) electrons. The maximum atomic E-state index is 11.6. The average molecular weight is 460 g/mol. The SMILES string of the molecule is CCCNC(=O)CCNC(=NCC(C)c1cccc(C)c1)NCC.I. The van der Waals surface area contributed by atoms with Crippen LogP contribution in [0.2, 0.25) is 0 Å². The lowest BCUT2D eigenvalue weighted by Crippen LogP contribution is -2.39. The van der Waals surface area contributed by atoms with Crippen LogP contribution in [0, 0.1) is 6.92 Å². The van der Waals surface area contributed by atoms with E-state index in [4.69, 9.17) is 0 Å². The van der Waals surface area contributed by atoms with Crippen LogP contribution in [-0.4, -0.2) is 38.0 Å². The highest BCUT2D eigenvalue weighted by atomic mass is 127. The Labute approximate surface area is 169 Å². The van der Waals surface area contributed by atoms with Crippen LogP contribution >= 0.6 is 24.0 Å². The second-order valence-corrected chi connectivity index (χ2v) is 6.06. The number of hydrogen-bond donors (Lipinski definition) is 3. The number of hydrogen-bond acceptors (Lipinski definition) is 2. The summed E-state index contributed by atoms with van der Waals surface area (Å²) in [6.07, 6.45) is 1.41. The van der Waals surface area contributed by atoms with Gasteiger partial charge < -0.3 is 16.0 Å². The molecule has 0 fully saturated rings. The van der Waals surface area contributed by atoms with Gasteiger partial charge in [0.25, 0.3) is 0 Å². The largest absolute Gasteiger partial charge is 0.357 e. The summed E-state index contributed by atoms with van der Waals surface area (Å²) in [7, 11) is 0. The zero-order valence-corrected chi connectivity index (χ0v) is 18.2. The molecule has 0 heterocycles. The second kappa shape index (κ2) is 13.9. The van der Waals surface area contributed by atoms with Crippen LogP contribution in [0.3, 0.4) is 0 Å². The molecule has 25 heavy (non-hydrogen) atoms. The molecule has 0 saturated heterocycles. The summed E-state index contributed by atoms with van der Waals surface area (Å²) in [5, 5.41) is 9.33. The monoisotopic (exact) mass is 460 g/mol. The molecule has 0 aliphatic heterocycles. The first kappa shape index (κ1) is 23.7. The van der Waals surface area contributed by atoms with E-state index < -0.39 is 0 Å². The van der Waals surface area contributed by atoms with Gasteiger partial charge in [-0.25, -0.2) is 0 Å². The fourth-order valence-corrected chi connectivity index (χ4v) is 2.30. The predicted molar refractivity (Wildman–Crippen MR) is 117 cm³/mol. The Morgan fingerprint density at radius 1 is 1.16 bits per heavy atom. The predicted octanol–water partition coefficient (Wildman–Crippen LogP) is 3.19. The highest BCUT2D eigenvalue weighted by molar-refractivity contribution is 14.0. The molecule has 5 nitrogen and oxygen atoms in total. The third-order valence-electron chi connectivity index (χ3n) is 3.70. The van der Waals surface area contributed by atoms with Crippen molar-refractivity contribution in [3.05, 3.63) is 35.4 Å². The molecule has 1 unspecified atom stereocenters. The van der Waals surface area contributed by atoms with E-state index >= 15 is 0 Å². The van der Waals surface area contributed by atoms with E-state index in [9.17, 15) is 4.79 Å². The van der Waals surface area contributed by atoms with Gasteiger partial charge in [-0.15, -0.1) is 24.0 Å². The summed E-state index contributed by atoms with van der Waals surface area (Å²) in [5.74, 6) is 1.20. The van der Waals surface area contributed by atoms with Gasteiger partial charge in [0.1, 0.15) is 0 Å². The van der Waals surface area contributed by atoms with Gasteiger partial charge in [0.15, 0.2) is 5.96 Å². The first-order valence-corrected chi connectivity index (χ1v) is 8.92. The van der Waals surface area contributed by atoms with Crippen LogP contribution in [0.15, 0.2) is 29.3 Å². The van der Waals surface area contributed by atoms with Crippen LogP contribution in [-0.2, 0) is 4.79 Å². The Balaban J connectivity index is 0.00000576. The van der Waals surface area contributed by atoms with Crippen LogP contribution in [0.1, 0.15) is 50.7 Å². The molecule has 0 aliphatic carbocycles. The Hall–Kier alpha value is -1.31. The number of benzene rings is 1. The van der Waals surface area contributed by atoms with Crippen molar-refractivity contribution in [2.75, 3.05) is 26.2 Å². The van der Waals surface area contributed by atoms with E-state index in [1.165, 1.54) is 11.1 Å². The van der Waals surface area contributed by atoms with E-state index in [2.05, 4.69) is 59.1 Å².